The van der Waals surface area contributed by atoms with Crippen molar-refractivity contribution in [3.8, 4) is 0 Å². The molecule has 3 aromatic rings. The normalized spacial score (nSPS) is 10.9. The van der Waals surface area contributed by atoms with Crippen molar-refractivity contribution in [2.24, 2.45) is 0 Å². The maximum absolute atomic E-state index is 8.84. The first kappa shape index (κ1) is 23.0. The molecule has 0 aliphatic rings. The molecule has 0 bridgehead atoms. The quantitative estimate of drug-likeness (QED) is 0.280. The summed E-state index contributed by atoms with van der Waals surface area (Å²) in [7, 11) is 0. The van der Waals surface area contributed by atoms with Crippen molar-refractivity contribution in [3.05, 3.63) is 47.2 Å². The van der Waals surface area contributed by atoms with E-state index in [4.69, 9.17) is 16.7 Å². The van der Waals surface area contributed by atoms with E-state index >= 15 is 0 Å². The van der Waals surface area contributed by atoms with E-state index in [-0.39, 0.29) is 6.61 Å². The van der Waals surface area contributed by atoms with E-state index in [1.807, 2.05) is 37.3 Å². The van der Waals surface area contributed by atoms with Crippen LogP contribution in [0.4, 0.5) is 17.5 Å². The van der Waals surface area contributed by atoms with E-state index in [9.17, 15) is 0 Å². The SMILES string of the molecule is Cc1cc(NCCCCNc2ccnc3cc(Cl)ccc23)nc(NCCCCCO)n1. The fourth-order valence-electron chi connectivity index (χ4n) is 3.32. The summed E-state index contributed by atoms with van der Waals surface area (Å²) in [6.45, 7) is 4.76. The lowest BCUT2D eigenvalue weighted by Crippen LogP contribution is -2.11. The van der Waals surface area contributed by atoms with Crippen LogP contribution in [0, 0.1) is 6.92 Å². The van der Waals surface area contributed by atoms with Gasteiger partial charge in [-0.1, -0.05) is 11.6 Å². The molecule has 0 aliphatic heterocycles. The number of pyridine rings is 1. The molecule has 4 N–H and O–H groups in total. The van der Waals surface area contributed by atoms with Crippen molar-refractivity contribution in [2.45, 2.75) is 39.0 Å². The largest absolute Gasteiger partial charge is 0.396 e. The van der Waals surface area contributed by atoms with E-state index in [1.54, 1.807) is 6.20 Å². The number of anilines is 3. The summed E-state index contributed by atoms with van der Waals surface area (Å²) >= 11 is 6.06. The third-order valence-corrected chi connectivity index (χ3v) is 5.14. The fourth-order valence-corrected chi connectivity index (χ4v) is 3.48. The minimum atomic E-state index is 0.249. The number of aromatic nitrogens is 3. The second-order valence-electron chi connectivity index (χ2n) is 7.51. The Morgan fingerprint density at radius 2 is 1.65 bits per heavy atom. The number of hydrogen-bond donors (Lipinski definition) is 4. The van der Waals surface area contributed by atoms with Crippen molar-refractivity contribution in [3.63, 3.8) is 0 Å². The van der Waals surface area contributed by atoms with Crippen LogP contribution in [-0.2, 0) is 0 Å². The molecule has 7 nitrogen and oxygen atoms in total. The Labute approximate surface area is 188 Å². The number of rotatable bonds is 13. The Morgan fingerprint density at radius 1 is 0.871 bits per heavy atom. The van der Waals surface area contributed by atoms with Crippen molar-refractivity contribution < 1.29 is 5.11 Å². The van der Waals surface area contributed by atoms with E-state index in [0.29, 0.717) is 11.0 Å². The van der Waals surface area contributed by atoms with Crippen LogP contribution in [0.3, 0.4) is 0 Å². The van der Waals surface area contributed by atoms with Gasteiger partial charge in [0.25, 0.3) is 0 Å². The Kier molecular flexibility index (Phi) is 9.12. The number of aryl methyl sites for hydroxylation is 1. The van der Waals surface area contributed by atoms with Crippen LogP contribution in [0.1, 0.15) is 37.8 Å². The lowest BCUT2D eigenvalue weighted by molar-refractivity contribution is 0.283. The maximum Gasteiger partial charge on any atom is 0.224 e. The molecule has 0 saturated heterocycles. The van der Waals surface area contributed by atoms with Gasteiger partial charge in [-0.3, -0.25) is 4.98 Å². The highest BCUT2D eigenvalue weighted by molar-refractivity contribution is 6.31. The summed E-state index contributed by atoms with van der Waals surface area (Å²) in [5, 5.41) is 20.8. The third kappa shape index (κ3) is 7.52. The van der Waals surface area contributed by atoms with Crippen LogP contribution < -0.4 is 16.0 Å². The van der Waals surface area contributed by atoms with E-state index in [1.165, 1.54) is 0 Å². The van der Waals surface area contributed by atoms with E-state index in [0.717, 1.165) is 79.8 Å². The van der Waals surface area contributed by atoms with Crippen LogP contribution in [0.25, 0.3) is 10.9 Å². The fraction of sp³-hybridized carbons (Fsp3) is 0.435. The summed E-state index contributed by atoms with van der Waals surface area (Å²) < 4.78 is 0. The summed E-state index contributed by atoms with van der Waals surface area (Å²) in [5.74, 6) is 1.49. The van der Waals surface area contributed by atoms with Crippen molar-refractivity contribution in [2.75, 3.05) is 42.2 Å². The Morgan fingerprint density at radius 3 is 2.48 bits per heavy atom. The summed E-state index contributed by atoms with van der Waals surface area (Å²) in [5.41, 5.74) is 2.91. The molecule has 1 aromatic carbocycles. The van der Waals surface area contributed by atoms with E-state index in [2.05, 4.69) is 30.9 Å². The number of aliphatic hydroxyl groups excluding tert-OH is 1. The van der Waals surface area contributed by atoms with Gasteiger partial charge in [0.2, 0.25) is 5.95 Å². The molecule has 31 heavy (non-hydrogen) atoms. The summed E-state index contributed by atoms with van der Waals surface area (Å²) in [4.78, 5) is 13.4. The Balaban J connectivity index is 1.39. The van der Waals surface area contributed by atoms with Gasteiger partial charge in [-0.05, 0) is 63.3 Å². The van der Waals surface area contributed by atoms with Gasteiger partial charge in [-0.2, -0.15) is 4.98 Å². The number of unbranched alkanes of at least 4 members (excludes halogenated alkanes) is 3. The molecule has 8 heteroatoms. The highest BCUT2D eigenvalue weighted by atomic mass is 35.5. The number of aliphatic hydroxyl groups is 1. The monoisotopic (exact) mass is 442 g/mol. The lowest BCUT2D eigenvalue weighted by atomic mass is 10.2. The molecule has 0 amide bonds. The van der Waals surface area contributed by atoms with E-state index < -0.39 is 0 Å². The average molecular weight is 443 g/mol. The molecular weight excluding hydrogens is 412 g/mol. The van der Waals surface area contributed by atoms with Gasteiger partial charge in [0.05, 0.1) is 5.52 Å². The summed E-state index contributed by atoms with van der Waals surface area (Å²) in [6, 6.07) is 9.74. The number of halogens is 1. The van der Waals surface area contributed by atoms with Gasteiger partial charge >= 0.3 is 0 Å². The van der Waals surface area contributed by atoms with Crippen LogP contribution in [0.2, 0.25) is 5.02 Å². The Hall–Kier alpha value is -2.64. The Bertz CT molecular complexity index is 968. The van der Waals surface area contributed by atoms with Crippen LogP contribution in [-0.4, -0.2) is 46.3 Å². The van der Waals surface area contributed by atoms with Crippen LogP contribution >= 0.6 is 11.6 Å². The molecule has 166 valence electrons. The zero-order valence-corrected chi connectivity index (χ0v) is 18.8. The van der Waals surface area contributed by atoms with Crippen LogP contribution in [0.5, 0.6) is 0 Å². The molecule has 2 aromatic heterocycles. The zero-order chi connectivity index (χ0) is 21.9. The van der Waals surface area contributed by atoms with Gasteiger partial charge in [-0.15, -0.1) is 0 Å². The van der Waals surface area contributed by atoms with Gasteiger partial charge in [-0.25, -0.2) is 4.98 Å². The second-order valence-corrected chi connectivity index (χ2v) is 7.95. The number of benzene rings is 1. The number of nitrogens with zero attached hydrogens (tertiary/aromatic N) is 3. The highest BCUT2D eigenvalue weighted by Gasteiger charge is 2.04. The molecule has 0 fully saturated rings. The minimum Gasteiger partial charge on any atom is -0.396 e. The third-order valence-electron chi connectivity index (χ3n) is 4.90. The smallest absolute Gasteiger partial charge is 0.224 e. The molecular formula is C23H31ClN6O. The van der Waals surface area contributed by atoms with Gasteiger partial charge in [0, 0.05) is 60.3 Å². The predicted octanol–water partition coefficient (Wildman–Crippen LogP) is 4.87. The molecule has 0 atom stereocenters. The van der Waals surface area contributed by atoms with Crippen LogP contribution in [0.15, 0.2) is 36.5 Å². The first-order valence-corrected chi connectivity index (χ1v) is 11.3. The van der Waals surface area contributed by atoms with Crippen molar-refractivity contribution in [1.29, 1.82) is 0 Å². The second kappa shape index (κ2) is 12.3. The number of nitrogens with one attached hydrogen (secondary N) is 3. The minimum absolute atomic E-state index is 0.249. The first-order valence-electron chi connectivity index (χ1n) is 10.9. The average Bonchev–Trinajstić information content (AvgIpc) is 2.75. The first-order chi connectivity index (χ1) is 15.2. The number of hydrogen-bond acceptors (Lipinski definition) is 7. The van der Waals surface area contributed by atoms with Crippen molar-refractivity contribution >= 4 is 40.0 Å². The highest BCUT2D eigenvalue weighted by Crippen LogP contribution is 2.24. The molecule has 0 radical (unpaired) electrons. The molecule has 0 unspecified atom stereocenters. The molecule has 0 saturated carbocycles. The molecule has 0 aliphatic carbocycles. The molecule has 2 heterocycles. The lowest BCUT2D eigenvalue weighted by Gasteiger charge is -2.11. The molecule has 3 rings (SSSR count). The standard InChI is InChI=1S/C23H31ClN6O/c1-17-15-22(30-23(29-17)28-12-3-2-6-14-31)27-11-5-4-10-25-20-9-13-26-21-16-18(24)7-8-19(20)21/h7-9,13,15-16,31H,2-6,10-12,14H2,1H3,(H,25,26)(H2,27,28,29,30). The van der Waals surface area contributed by atoms with Gasteiger partial charge in [0.1, 0.15) is 5.82 Å². The summed E-state index contributed by atoms with van der Waals surface area (Å²) in [6.07, 6.45) is 6.69. The van der Waals surface area contributed by atoms with Gasteiger partial charge in [0.15, 0.2) is 0 Å². The number of fused-ring (bicyclic) bond motifs is 1. The van der Waals surface area contributed by atoms with Gasteiger partial charge < -0.3 is 21.1 Å². The predicted molar refractivity (Wildman–Crippen MR) is 129 cm³/mol. The maximum atomic E-state index is 8.84. The van der Waals surface area contributed by atoms with Crippen molar-refractivity contribution in [1.82, 2.24) is 15.0 Å². The molecule has 0 spiro atoms. The zero-order valence-electron chi connectivity index (χ0n) is 18.0. The topological polar surface area (TPSA) is 95.0 Å².